The number of carbonyl (C=O) groups excluding carboxylic acids is 1. The van der Waals surface area contributed by atoms with E-state index in [1.54, 1.807) is 6.92 Å². The Kier molecular flexibility index (Phi) is 4.29. The van der Waals surface area contributed by atoms with Crippen LogP contribution in [0, 0.1) is 5.92 Å². The van der Waals surface area contributed by atoms with Crippen molar-refractivity contribution in [3.63, 3.8) is 0 Å². The van der Waals surface area contributed by atoms with Crippen LogP contribution < -0.4 is 0 Å². The Morgan fingerprint density at radius 2 is 2.10 bits per heavy atom. The van der Waals surface area contributed by atoms with Gasteiger partial charge in [0.2, 0.25) is 0 Å². The van der Waals surface area contributed by atoms with Gasteiger partial charge in [-0.1, -0.05) is 43.3 Å². The van der Waals surface area contributed by atoms with E-state index in [4.69, 9.17) is 4.74 Å². The van der Waals surface area contributed by atoms with Gasteiger partial charge in [0.15, 0.2) is 0 Å². The Hall–Kier alpha value is -1.61. The van der Waals surface area contributed by atoms with E-state index >= 15 is 0 Å². The topological polar surface area (TPSA) is 46.5 Å². The third-order valence-corrected chi connectivity index (χ3v) is 4.07. The largest absolute Gasteiger partial charge is 0.454 e. The minimum absolute atomic E-state index is 0.0757. The van der Waals surface area contributed by atoms with Gasteiger partial charge in [0, 0.05) is 11.5 Å². The van der Waals surface area contributed by atoms with E-state index in [2.05, 4.69) is 6.58 Å². The zero-order valence-corrected chi connectivity index (χ0v) is 12.1. The van der Waals surface area contributed by atoms with Crippen LogP contribution in [0.15, 0.2) is 42.5 Å². The second-order valence-electron chi connectivity index (χ2n) is 5.87. The summed E-state index contributed by atoms with van der Waals surface area (Å²) in [5.41, 5.74) is 0.508. The van der Waals surface area contributed by atoms with E-state index in [0.29, 0.717) is 5.57 Å². The lowest BCUT2D eigenvalue weighted by Crippen LogP contribution is -2.35. The molecule has 1 N–H and O–H groups in total. The molecule has 0 aliphatic heterocycles. The highest BCUT2D eigenvalue weighted by Gasteiger charge is 2.44. The van der Waals surface area contributed by atoms with Crippen molar-refractivity contribution < 1.29 is 14.6 Å². The van der Waals surface area contributed by atoms with Crippen molar-refractivity contribution >= 4 is 5.97 Å². The molecular weight excluding hydrogens is 252 g/mol. The summed E-state index contributed by atoms with van der Waals surface area (Å²) in [5, 5.41) is 10.5. The molecule has 108 valence electrons. The number of hydrogen-bond acceptors (Lipinski definition) is 3. The fourth-order valence-corrected chi connectivity index (χ4v) is 2.89. The van der Waals surface area contributed by atoms with Crippen LogP contribution in [-0.2, 0) is 9.53 Å². The maximum absolute atomic E-state index is 11.9. The SMILES string of the molecule is C=C(C)C(=O)OC(c1ccccc1)C1CCCC1(C)O. The van der Waals surface area contributed by atoms with E-state index in [1.807, 2.05) is 37.3 Å². The van der Waals surface area contributed by atoms with Crippen molar-refractivity contribution in [3.05, 3.63) is 48.0 Å². The molecule has 1 aliphatic carbocycles. The Labute approximate surface area is 120 Å². The maximum Gasteiger partial charge on any atom is 0.333 e. The molecule has 0 heterocycles. The number of rotatable bonds is 4. The lowest BCUT2D eigenvalue weighted by atomic mass is 9.84. The molecule has 3 atom stereocenters. The van der Waals surface area contributed by atoms with Crippen LogP contribution >= 0.6 is 0 Å². The van der Waals surface area contributed by atoms with E-state index in [-0.39, 0.29) is 5.92 Å². The summed E-state index contributed by atoms with van der Waals surface area (Å²) in [5.74, 6) is -0.477. The Morgan fingerprint density at radius 3 is 2.60 bits per heavy atom. The molecule has 0 spiro atoms. The van der Waals surface area contributed by atoms with Gasteiger partial charge in [0.05, 0.1) is 5.60 Å². The van der Waals surface area contributed by atoms with Gasteiger partial charge in [-0.25, -0.2) is 4.79 Å². The van der Waals surface area contributed by atoms with Crippen LogP contribution in [0.4, 0.5) is 0 Å². The fourth-order valence-electron chi connectivity index (χ4n) is 2.89. The standard InChI is InChI=1S/C17H22O3/c1-12(2)16(18)20-15(13-8-5-4-6-9-13)14-10-7-11-17(14,3)19/h4-6,8-9,14-15,19H,1,7,10-11H2,2-3H3. The Balaban J connectivity index is 2.29. The van der Waals surface area contributed by atoms with Crippen LogP contribution in [0.5, 0.6) is 0 Å². The number of benzene rings is 1. The summed E-state index contributed by atoms with van der Waals surface area (Å²) in [6.07, 6.45) is 2.13. The molecule has 3 heteroatoms. The van der Waals surface area contributed by atoms with Crippen LogP contribution in [0.2, 0.25) is 0 Å². The normalized spacial score (nSPS) is 27.1. The Morgan fingerprint density at radius 1 is 1.45 bits per heavy atom. The van der Waals surface area contributed by atoms with Crippen molar-refractivity contribution in [3.8, 4) is 0 Å². The average Bonchev–Trinajstić information content (AvgIpc) is 2.76. The van der Waals surface area contributed by atoms with Crippen LogP contribution in [-0.4, -0.2) is 16.7 Å². The molecule has 1 aromatic carbocycles. The highest BCUT2D eigenvalue weighted by Crippen LogP contribution is 2.44. The first-order valence-corrected chi connectivity index (χ1v) is 7.05. The lowest BCUT2D eigenvalue weighted by Gasteiger charge is -2.32. The first-order chi connectivity index (χ1) is 9.42. The van der Waals surface area contributed by atoms with Crippen molar-refractivity contribution in [2.75, 3.05) is 0 Å². The second kappa shape index (κ2) is 5.80. The fraction of sp³-hybridized carbons (Fsp3) is 0.471. The number of carbonyl (C=O) groups is 1. The highest BCUT2D eigenvalue weighted by atomic mass is 16.5. The smallest absolute Gasteiger partial charge is 0.333 e. The summed E-state index contributed by atoms with van der Waals surface area (Å²) in [6, 6.07) is 9.63. The minimum atomic E-state index is -0.796. The summed E-state index contributed by atoms with van der Waals surface area (Å²) in [4.78, 5) is 11.9. The summed E-state index contributed by atoms with van der Waals surface area (Å²) in [6.45, 7) is 7.09. The van der Waals surface area contributed by atoms with Crippen molar-refractivity contribution in [2.24, 2.45) is 5.92 Å². The number of esters is 1. The van der Waals surface area contributed by atoms with Gasteiger partial charge >= 0.3 is 5.97 Å². The zero-order chi connectivity index (χ0) is 14.8. The van der Waals surface area contributed by atoms with Gasteiger partial charge in [0.1, 0.15) is 6.10 Å². The van der Waals surface area contributed by atoms with Crippen LogP contribution in [0.25, 0.3) is 0 Å². The third kappa shape index (κ3) is 3.10. The minimum Gasteiger partial charge on any atom is -0.454 e. The molecule has 2 rings (SSSR count). The molecule has 3 unspecified atom stereocenters. The molecule has 0 aromatic heterocycles. The van der Waals surface area contributed by atoms with Crippen LogP contribution in [0.1, 0.15) is 44.8 Å². The summed E-state index contributed by atoms with van der Waals surface area (Å²) < 4.78 is 5.62. The van der Waals surface area contributed by atoms with Gasteiger partial charge in [-0.05, 0) is 32.3 Å². The molecule has 3 nitrogen and oxygen atoms in total. The summed E-state index contributed by atoms with van der Waals surface area (Å²) in [7, 11) is 0. The molecule has 0 bridgehead atoms. The number of aliphatic hydroxyl groups is 1. The maximum atomic E-state index is 11.9. The molecule has 1 aromatic rings. The van der Waals surface area contributed by atoms with E-state index in [0.717, 1.165) is 24.8 Å². The van der Waals surface area contributed by atoms with Gasteiger partial charge in [-0.3, -0.25) is 0 Å². The van der Waals surface area contributed by atoms with Crippen molar-refractivity contribution in [2.45, 2.75) is 44.8 Å². The van der Waals surface area contributed by atoms with Gasteiger partial charge in [0.25, 0.3) is 0 Å². The monoisotopic (exact) mass is 274 g/mol. The highest BCUT2D eigenvalue weighted by molar-refractivity contribution is 5.87. The molecule has 0 saturated heterocycles. The first kappa shape index (κ1) is 14.8. The van der Waals surface area contributed by atoms with Gasteiger partial charge in [-0.2, -0.15) is 0 Å². The molecule has 1 saturated carbocycles. The zero-order valence-electron chi connectivity index (χ0n) is 12.1. The lowest BCUT2D eigenvalue weighted by molar-refractivity contribution is -0.152. The first-order valence-electron chi connectivity index (χ1n) is 7.05. The molecule has 0 radical (unpaired) electrons. The molecule has 20 heavy (non-hydrogen) atoms. The Bertz CT molecular complexity index is 490. The van der Waals surface area contributed by atoms with Gasteiger partial charge in [-0.15, -0.1) is 0 Å². The average molecular weight is 274 g/mol. The second-order valence-corrected chi connectivity index (χ2v) is 5.87. The molecule has 0 amide bonds. The molecular formula is C17H22O3. The van der Waals surface area contributed by atoms with Crippen molar-refractivity contribution in [1.82, 2.24) is 0 Å². The van der Waals surface area contributed by atoms with E-state index < -0.39 is 17.7 Å². The van der Waals surface area contributed by atoms with Crippen molar-refractivity contribution in [1.29, 1.82) is 0 Å². The predicted molar refractivity (Wildman–Crippen MR) is 78.1 cm³/mol. The molecule has 1 aliphatic rings. The van der Waals surface area contributed by atoms with Gasteiger partial charge < -0.3 is 9.84 Å². The predicted octanol–water partition coefficient (Wildman–Crippen LogP) is 3.40. The quantitative estimate of drug-likeness (QED) is 0.676. The summed E-state index contributed by atoms with van der Waals surface area (Å²) >= 11 is 0. The molecule has 1 fully saturated rings. The number of ether oxygens (including phenoxy) is 1. The third-order valence-electron chi connectivity index (χ3n) is 4.07. The van der Waals surface area contributed by atoms with E-state index in [1.165, 1.54) is 0 Å². The number of hydrogen-bond donors (Lipinski definition) is 1. The van der Waals surface area contributed by atoms with E-state index in [9.17, 15) is 9.90 Å². The van der Waals surface area contributed by atoms with Crippen LogP contribution in [0.3, 0.4) is 0 Å².